The first-order chi connectivity index (χ1) is 31.2. The van der Waals surface area contributed by atoms with Gasteiger partial charge in [0.25, 0.3) is 0 Å². The van der Waals surface area contributed by atoms with Gasteiger partial charge in [-0.25, -0.2) is 19.9 Å². The van der Waals surface area contributed by atoms with Crippen molar-refractivity contribution >= 4 is 21.7 Å². The Morgan fingerprint density at radius 2 is 0.714 bits per heavy atom. The summed E-state index contributed by atoms with van der Waals surface area (Å²) >= 11 is 0. The molecule has 0 radical (unpaired) electrons. The molecule has 0 saturated heterocycles. The Labute approximate surface area is 365 Å². The van der Waals surface area contributed by atoms with Gasteiger partial charge in [-0.2, -0.15) is 0 Å². The van der Waals surface area contributed by atoms with Gasteiger partial charge >= 0.3 is 0 Å². The predicted octanol–water partition coefficient (Wildman–Crippen LogP) is 14.3. The number of hydrogen-bond donors (Lipinski definition) is 0. The Kier molecular flexibility index (Phi) is 8.68. The highest BCUT2D eigenvalue weighted by Gasteiger charge is 2.46. The minimum Gasteiger partial charge on any atom is -0.247 e. The Bertz CT molecular complexity index is 3360. The Morgan fingerprint density at radius 3 is 1.29 bits per heavy atom. The highest BCUT2D eigenvalue weighted by Crippen LogP contribution is 2.57. The molecule has 0 amide bonds. The largest absolute Gasteiger partial charge is 0.247 e. The molecule has 0 N–H and O–H groups in total. The van der Waals surface area contributed by atoms with Crippen LogP contribution < -0.4 is 0 Å². The summed E-state index contributed by atoms with van der Waals surface area (Å²) in [7, 11) is 0. The van der Waals surface area contributed by atoms with Crippen LogP contribution in [0.15, 0.2) is 231 Å². The van der Waals surface area contributed by atoms with Gasteiger partial charge in [0.1, 0.15) is 0 Å². The van der Waals surface area contributed by atoms with Gasteiger partial charge in [0.05, 0.1) is 16.6 Å². The van der Waals surface area contributed by atoms with Crippen LogP contribution in [0.1, 0.15) is 22.3 Å². The first kappa shape index (κ1) is 36.5. The number of benzene rings is 9. The predicted molar refractivity (Wildman–Crippen MR) is 257 cm³/mol. The van der Waals surface area contributed by atoms with Crippen molar-refractivity contribution in [3.63, 3.8) is 0 Å². The van der Waals surface area contributed by atoms with Crippen molar-refractivity contribution in [3.05, 3.63) is 253 Å². The molecule has 2 aromatic heterocycles. The second-order valence-electron chi connectivity index (χ2n) is 16.1. The number of aromatic nitrogens is 4. The number of nitrogens with zero attached hydrogens (tertiary/aromatic N) is 4. The van der Waals surface area contributed by atoms with Crippen molar-refractivity contribution in [2.24, 2.45) is 0 Å². The fraction of sp³-hybridized carbons (Fsp3) is 0.0169. The van der Waals surface area contributed by atoms with Gasteiger partial charge in [-0.1, -0.05) is 212 Å². The highest BCUT2D eigenvalue weighted by atomic mass is 15.0. The van der Waals surface area contributed by atoms with E-state index in [9.17, 15) is 0 Å². The van der Waals surface area contributed by atoms with Crippen LogP contribution in [0.3, 0.4) is 0 Å². The molecule has 0 unspecified atom stereocenters. The van der Waals surface area contributed by atoms with E-state index in [1.165, 1.54) is 38.8 Å². The third-order valence-corrected chi connectivity index (χ3v) is 12.6. The summed E-state index contributed by atoms with van der Waals surface area (Å²) in [5, 5.41) is 3.48. The van der Waals surface area contributed by atoms with Crippen LogP contribution in [-0.2, 0) is 5.41 Å². The van der Waals surface area contributed by atoms with E-state index in [2.05, 4.69) is 170 Å². The molecule has 0 spiro atoms. The maximum atomic E-state index is 5.39. The van der Waals surface area contributed by atoms with E-state index < -0.39 is 5.41 Å². The van der Waals surface area contributed by atoms with Gasteiger partial charge in [0.2, 0.25) is 0 Å². The van der Waals surface area contributed by atoms with E-state index >= 15 is 0 Å². The first-order valence-electron chi connectivity index (χ1n) is 21.4. The zero-order valence-corrected chi connectivity index (χ0v) is 34.2. The zero-order chi connectivity index (χ0) is 41.7. The fourth-order valence-corrected chi connectivity index (χ4v) is 9.68. The quantitative estimate of drug-likeness (QED) is 0.151. The zero-order valence-electron chi connectivity index (χ0n) is 34.2. The van der Waals surface area contributed by atoms with Crippen molar-refractivity contribution in [1.82, 2.24) is 19.9 Å². The standard InChI is InChI=1S/C59H38N4/c1-5-17-42(18-6-1)56-61-57(43-19-7-2-8-20-43)63-58(62-56)44-35-31-40(32-36-44)39-29-33-41(34-30-39)55-51-37-50-47-25-13-15-27-52(47)59(45-21-9-3-10-22-45,46-23-11-4-12-24-46)53(50)38-49(51)48-26-14-16-28-54(48)60-55/h1-38H. The lowest BCUT2D eigenvalue weighted by molar-refractivity contribution is 0.769. The van der Waals surface area contributed by atoms with Crippen LogP contribution in [0, 0.1) is 0 Å². The maximum Gasteiger partial charge on any atom is 0.164 e. The van der Waals surface area contributed by atoms with Gasteiger partial charge in [-0.05, 0) is 68.1 Å². The molecule has 0 atom stereocenters. The van der Waals surface area contributed by atoms with Gasteiger partial charge in [0.15, 0.2) is 17.5 Å². The number of rotatable bonds is 7. The fourth-order valence-electron chi connectivity index (χ4n) is 9.68. The summed E-state index contributed by atoms with van der Waals surface area (Å²) in [5.41, 5.74) is 15.2. The lowest BCUT2D eigenvalue weighted by atomic mass is 9.67. The molecule has 12 rings (SSSR count). The smallest absolute Gasteiger partial charge is 0.164 e. The number of para-hydroxylation sites is 1. The molecule has 0 aliphatic heterocycles. The van der Waals surface area contributed by atoms with E-state index in [1.807, 2.05) is 60.7 Å². The number of fused-ring (bicyclic) bond motifs is 6. The van der Waals surface area contributed by atoms with Gasteiger partial charge in [-0.15, -0.1) is 0 Å². The molecule has 0 fully saturated rings. The molecule has 9 aromatic carbocycles. The molecule has 4 nitrogen and oxygen atoms in total. The third kappa shape index (κ3) is 6.07. The Hall–Kier alpha value is -8.34. The van der Waals surface area contributed by atoms with Crippen LogP contribution in [0.4, 0.5) is 0 Å². The van der Waals surface area contributed by atoms with Crippen LogP contribution in [0.2, 0.25) is 0 Å². The van der Waals surface area contributed by atoms with E-state index in [0.29, 0.717) is 17.5 Å². The second-order valence-corrected chi connectivity index (χ2v) is 16.1. The molecular formula is C59H38N4. The minimum atomic E-state index is -0.484. The van der Waals surface area contributed by atoms with E-state index in [4.69, 9.17) is 19.9 Å². The maximum absolute atomic E-state index is 5.39. The summed E-state index contributed by atoms with van der Waals surface area (Å²) in [6.07, 6.45) is 0. The lowest BCUT2D eigenvalue weighted by Gasteiger charge is -2.34. The van der Waals surface area contributed by atoms with Crippen LogP contribution in [0.5, 0.6) is 0 Å². The van der Waals surface area contributed by atoms with Gasteiger partial charge < -0.3 is 0 Å². The normalized spacial score (nSPS) is 12.6. The van der Waals surface area contributed by atoms with Crippen molar-refractivity contribution < 1.29 is 0 Å². The van der Waals surface area contributed by atoms with E-state index in [1.54, 1.807) is 0 Å². The van der Waals surface area contributed by atoms with Crippen molar-refractivity contribution in [2.75, 3.05) is 0 Å². The first-order valence-corrected chi connectivity index (χ1v) is 21.4. The van der Waals surface area contributed by atoms with Crippen molar-refractivity contribution in [2.45, 2.75) is 5.41 Å². The lowest BCUT2D eigenvalue weighted by Crippen LogP contribution is -2.28. The van der Waals surface area contributed by atoms with Gasteiger partial charge in [-0.3, -0.25) is 0 Å². The average molecular weight is 803 g/mol. The molecule has 0 saturated carbocycles. The van der Waals surface area contributed by atoms with Crippen molar-refractivity contribution in [1.29, 1.82) is 0 Å². The molecule has 1 aliphatic rings. The van der Waals surface area contributed by atoms with Crippen LogP contribution in [-0.4, -0.2) is 19.9 Å². The summed E-state index contributed by atoms with van der Waals surface area (Å²) in [4.78, 5) is 20.1. The summed E-state index contributed by atoms with van der Waals surface area (Å²) < 4.78 is 0. The van der Waals surface area contributed by atoms with Crippen molar-refractivity contribution in [3.8, 4) is 67.7 Å². The number of pyridine rings is 1. The molecule has 63 heavy (non-hydrogen) atoms. The van der Waals surface area contributed by atoms with Gasteiger partial charge in [0, 0.05) is 33.0 Å². The average Bonchev–Trinajstić information content (AvgIpc) is 3.66. The molecule has 4 heteroatoms. The molecule has 1 aliphatic carbocycles. The molecular weight excluding hydrogens is 765 g/mol. The van der Waals surface area contributed by atoms with Crippen LogP contribution in [0.25, 0.3) is 89.4 Å². The monoisotopic (exact) mass is 802 g/mol. The Morgan fingerprint density at radius 1 is 0.270 bits per heavy atom. The summed E-state index contributed by atoms with van der Waals surface area (Å²) in [5.74, 6) is 1.93. The third-order valence-electron chi connectivity index (χ3n) is 12.6. The number of hydrogen-bond acceptors (Lipinski definition) is 4. The summed E-state index contributed by atoms with van der Waals surface area (Å²) in [6, 6.07) is 81.9. The summed E-state index contributed by atoms with van der Waals surface area (Å²) in [6.45, 7) is 0. The highest BCUT2D eigenvalue weighted by molar-refractivity contribution is 6.13. The topological polar surface area (TPSA) is 51.6 Å². The SMILES string of the molecule is c1ccc(-c2nc(-c3ccccc3)nc(-c3ccc(-c4ccc(-c5nc6ccccc6c6cc7c(cc56)-c5ccccc5C7(c5ccccc5)c5ccccc5)cc4)cc3)n2)cc1. The molecule has 2 heterocycles. The minimum absolute atomic E-state index is 0.484. The molecule has 0 bridgehead atoms. The Balaban J connectivity index is 0.961. The van der Waals surface area contributed by atoms with Crippen LogP contribution >= 0.6 is 0 Å². The van der Waals surface area contributed by atoms with E-state index in [-0.39, 0.29) is 0 Å². The van der Waals surface area contributed by atoms with E-state index in [0.717, 1.165) is 55.4 Å². The second kappa shape index (κ2) is 15.0. The molecule has 294 valence electrons. The molecule has 11 aromatic rings.